The number of carbonyl (C=O) groups is 1. The molecule has 4 heteroatoms. The number of piperidine rings is 1. The van der Waals surface area contributed by atoms with Crippen molar-refractivity contribution in [2.45, 2.75) is 39.2 Å². The largest absolute Gasteiger partial charge is 0.372 e. The third-order valence-electron chi connectivity index (χ3n) is 3.25. The molecular weight excluding hydrogens is 204 g/mol. The molecule has 0 aromatic rings. The van der Waals surface area contributed by atoms with E-state index < -0.39 is 0 Å². The van der Waals surface area contributed by atoms with Gasteiger partial charge in [-0.05, 0) is 25.2 Å². The Morgan fingerprint density at radius 2 is 2.31 bits per heavy atom. The second-order valence-electron chi connectivity index (χ2n) is 4.56. The maximum atomic E-state index is 11.9. The molecule has 94 valence electrons. The van der Waals surface area contributed by atoms with Crippen molar-refractivity contribution in [3.63, 3.8) is 0 Å². The van der Waals surface area contributed by atoms with E-state index in [0.29, 0.717) is 19.1 Å². The SMILES string of the molecule is CCCOCC(=O)N1CCCC(C)C1CN. The van der Waals surface area contributed by atoms with E-state index in [1.165, 1.54) is 6.42 Å². The van der Waals surface area contributed by atoms with Crippen LogP contribution in [-0.2, 0) is 9.53 Å². The van der Waals surface area contributed by atoms with Crippen LogP contribution in [0.3, 0.4) is 0 Å². The fourth-order valence-corrected chi connectivity index (χ4v) is 2.30. The standard InChI is InChI=1S/C12H24N2O2/c1-3-7-16-9-12(15)14-6-4-5-10(2)11(14)8-13/h10-11H,3-9,13H2,1-2H3. The Morgan fingerprint density at radius 3 is 2.94 bits per heavy atom. The molecule has 1 aliphatic rings. The lowest BCUT2D eigenvalue weighted by atomic mass is 9.91. The Kier molecular flexibility index (Phi) is 5.77. The number of hydrogen-bond acceptors (Lipinski definition) is 3. The number of likely N-dealkylation sites (tertiary alicyclic amines) is 1. The normalized spacial score (nSPS) is 25.8. The molecular formula is C12H24N2O2. The van der Waals surface area contributed by atoms with Crippen molar-refractivity contribution in [2.75, 3.05) is 26.3 Å². The summed E-state index contributed by atoms with van der Waals surface area (Å²) in [7, 11) is 0. The van der Waals surface area contributed by atoms with Crippen LogP contribution in [0.25, 0.3) is 0 Å². The van der Waals surface area contributed by atoms with Gasteiger partial charge in [0.05, 0.1) is 0 Å². The smallest absolute Gasteiger partial charge is 0.248 e. The predicted octanol–water partition coefficient (Wildman–Crippen LogP) is 0.999. The first kappa shape index (κ1) is 13.5. The van der Waals surface area contributed by atoms with Crippen molar-refractivity contribution in [1.82, 2.24) is 4.90 Å². The van der Waals surface area contributed by atoms with Crippen molar-refractivity contribution in [2.24, 2.45) is 11.7 Å². The van der Waals surface area contributed by atoms with Gasteiger partial charge < -0.3 is 15.4 Å². The predicted molar refractivity (Wildman–Crippen MR) is 64.1 cm³/mol. The third-order valence-corrected chi connectivity index (χ3v) is 3.25. The van der Waals surface area contributed by atoms with Crippen LogP contribution in [0.5, 0.6) is 0 Å². The number of hydrogen-bond donors (Lipinski definition) is 1. The minimum absolute atomic E-state index is 0.0930. The molecule has 16 heavy (non-hydrogen) atoms. The lowest BCUT2D eigenvalue weighted by Crippen LogP contribution is -2.52. The summed E-state index contributed by atoms with van der Waals surface area (Å²) >= 11 is 0. The first-order valence-electron chi connectivity index (χ1n) is 6.28. The number of amides is 1. The minimum Gasteiger partial charge on any atom is -0.372 e. The van der Waals surface area contributed by atoms with Gasteiger partial charge in [0, 0.05) is 25.7 Å². The summed E-state index contributed by atoms with van der Waals surface area (Å²) in [5, 5.41) is 0. The monoisotopic (exact) mass is 228 g/mol. The Labute approximate surface area is 98.1 Å². The zero-order valence-electron chi connectivity index (χ0n) is 10.4. The van der Waals surface area contributed by atoms with E-state index in [9.17, 15) is 4.79 Å². The number of nitrogens with two attached hydrogens (primary N) is 1. The molecule has 0 aromatic carbocycles. The second-order valence-corrected chi connectivity index (χ2v) is 4.56. The lowest BCUT2D eigenvalue weighted by molar-refractivity contribution is -0.141. The van der Waals surface area contributed by atoms with Gasteiger partial charge in [-0.15, -0.1) is 0 Å². The summed E-state index contributed by atoms with van der Waals surface area (Å²) in [5.74, 6) is 0.601. The number of carbonyl (C=O) groups excluding carboxylic acids is 1. The molecule has 1 saturated heterocycles. The summed E-state index contributed by atoms with van der Waals surface area (Å²) in [6, 6.07) is 0.200. The first-order chi connectivity index (χ1) is 7.70. The number of ether oxygens (including phenoxy) is 1. The number of rotatable bonds is 5. The third kappa shape index (κ3) is 3.46. The topological polar surface area (TPSA) is 55.6 Å². The molecule has 2 unspecified atom stereocenters. The summed E-state index contributed by atoms with van der Waals surface area (Å²) in [6.45, 7) is 6.46. The van der Waals surface area contributed by atoms with Gasteiger partial charge >= 0.3 is 0 Å². The van der Waals surface area contributed by atoms with E-state index in [2.05, 4.69) is 6.92 Å². The van der Waals surface area contributed by atoms with E-state index in [1.807, 2.05) is 11.8 Å². The fraction of sp³-hybridized carbons (Fsp3) is 0.917. The molecule has 1 heterocycles. The summed E-state index contributed by atoms with van der Waals surface area (Å²) in [6.07, 6.45) is 3.20. The van der Waals surface area contributed by atoms with E-state index in [0.717, 1.165) is 19.4 Å². The highest BCUT2D eigenvalue weighted by Gasteiger charge is 2.30. The van der Waals surface area contributed by atoms with E-state index in [1.54, 1.807) is 0 Å². The molecule has 1 amide bonds. The molecule has 2 N–H and O–H groups in total. The Balaban J connectivity index is 2.45. The molecule has 0 bridgehead atoms. The van der Waals surface area contributed by atoms with Crippen LogP contribution >= 0.6 is 0 Å². The Hall–Kier alpha value is -0.610. The van der Waals surface area contributed by atoms with Crippen LogP contribution in [0.15, 0.2) is 0 Å². The van der Waals surface area contributed by atoms with Crippen molar-refractivity contribution in [3.05, 3.63) is 0 Å². The Bertz CT molecular complexity index is 221. The van der Waals surface area contributed by atoms with E-state index >= 15 is 0 Å². The zero-order valence-corrected chi connectivity index (χ0v) is 10.4. The minimum atomic E-state index is 0.0930. The molecule has 4 nitrogen and oxygen atoms in total. The van der Waals surface area contributed by atoms with Gasteiger partial charge in [-0.25, -0.2) is 0 Å². The molecule has 0 aromatic heterocycles. The highest BCUT2D eigenvalue weighted by molar-refractivity contribution is 5.78. The molecule has 1 fully saturated rings. The maximum absolute atomic E-state index is 11.9. The zero-order chi connectivity index (χ0) is 12.0. The van der Waals surface area contributed by atoms with Crippen molar-refractivity contribution in [3.8, 4) is 0 Å². The van der Waals surface area contributed by atoms with Crippen LogP contribution in [0.4, 0.5) is 0 Å². The summed E-state index contributed by atoms with van der Waals surface area (Å²) in [5.41, 5.74) is 5.74. The highest BCUT2D eigenvalue weighted by atomic mass is 16.5. The Morgan fingerprint density at radius 1 is 1.56 bits per heavy atom. The van der Waals surface area contributed by atoms with Gasteiger partial charge in [-0.2, -0.15) is 0 Å². The molecule has 2 atom stereocenters. The van der Waals surface area contributed by atoms with Gasteiger partial charge in [-0.3, -0.25) is 4.79 Å². The van der Waals surface area contributed by atoms with Gasteiger partial charge in [0.15, 0.2) is 0 Å². The van der Waals surface area contributed by atoms with Gasteiger partial charge in [0.2, 0.25) is 5.91 Å². The quantitative estimate of drug-likeness (QED) is 0.714. The summed E-state index contributed by atoms with van der Waals surface area (Å²) < 4.78 is 5.29. The average Bonchev–Trinajstić information content (AvgIpc) is 2.29. The molecule has 0 saturated carbocycles. The first-order valence-corrected chi connectivity index (χ1v) is 6.28. The van der Waals surface area contributed by atoms with Crippen LogP contribution < -0.4 is 5.73 Å². The second kappa shape index (κ2) is 6.86. The van der Waals surface area contributed by atoms with Gasteiger partial charge in [-0.1, -0.05) is 13.8 Å². The lowest BCUT2D eigenvalue weighted by Gasteiger charge is -2.39. The number of nitrogens with zero attached hydrogens (tertiary/aromatic N) is 1. The fourth-order valence-electron chi connectivity index (χ4n) is 2.30. The van der Waals surface area contributed by atoms with Crippen molar-refractivity contribution in [1.29, 1.82) is 0 Å². The molecule has 0 radical (unpaired) electrons. The van der Waals surface area contributed by atoms with Crippen LogP contribution in [0.2, 0.25) is 0 Å². The maximum Gasteiger partial charge on any atom is 0.248 e. The van der Waals surface area contributed by atoms with Gasteiger partial charge in [0.1, 0.15) is 6.61 Å². The molecule has 0 spiro atoms. The van der Waals surface area contributed by atoms with Crippen LogP contribution in [0.1, 0.15) is 33.1 Å². The van der Waals surface area contributed by atoms with Gasteiger partial charge in [0.25, 0.3) is 0 Å². The van der Waals surface area contributed by atoms with Crippen LogP contribution in [0, 0.1) is 5.92 Å². The van der Waals surface area contributed by atoms with E-state index in [-0.39, 0.29) is 18.6 Å². The van der Waals surface area contributed by atoms with Crippen molar-refractivity contribution >= 4 is 5.91 Å². The summed E-state index contributed by atoms with van der Waals surface area (Å²) in [4.78, 5) is 13.8. The molecule has 1 rings (SSSR count). The van der Waals surface area contributed by atoms with Crippen LogP contribution in [-0.4, -0.2) is 43.2 Å². The van der Waals surface area contributed by atoms with E-state index in [4.69, 9.17) is 10.5 Å². The average molecular weight is 228 g/mol. The highest BCUT2D eigenvalue weighted by Crippen LogP contribution is 2.22. The van der Waals surface area contributed by atoms with Crippen molar-refractivity contribution < 1.29 is 9.53 Å². The molecule has 1 aliphatic heterocycles. The molecule has 0 aliphatic carbocycles.